The molecule has 0 aliphatic carbocycles. The van der Waals surface area contributed by atoms with Crippen LogP contribution in [0, 0.1) is 24.1 Å². The topological polar surface area (TPSA) is 107 Å². The largest absolute Gasteiger partial charge is 0.468 e. The maximum absolute atomic E-state index is 13.4. The number of carbonyl (C=O) groups is 2. The van der Waals surface area contributed by atoms with Gasteiger partial charge in [-0.1, -0.05) is 30.0 Å². The summed E-state index contributed by atoms with van der Waals surface area (Å²) < 4.78 is 18.7. The molecule has 2 aromatic carbocycles. The van der Waals surface area contributed by atoms with Crippen LogP contribution in [0.1, 0.15) is 24.2 Å². The number of benzene rings is 2. The van der Waals surface area contributed by atoms with Crippen molar-refractivity contribution >= 4 is 35.0 Å². The predicted octanol–water partition coefficient (Wildman–Crippen LogP) is 5.43. The number of para-hydroxylation sites is 1. The van der Waals surface area contributed by atoms with Crippen LogP contribution in [0.4, 0.5) is 15.8 Å². The number of hydrogen-bond acceptors (Lipinski definition) is 6. The van der Waals surface area contributed by atoms with Gasteiger partial charge in [0.15, 0.2) is 0 Å². The Morgan fingerprint density at radius 1 is 1.08 bits per heavy atom. The van der Waals surface area contributed by atoms with Gasteiger partial charge >= 0.3 is 0 Å². The number of nitrogens with one attached hydrogen (secondary N) is 3. The lowest BCUT2D eigenvalue weighted by molar-refractivity contribution is -0.114. The molecule has 1 atom stereocenters. The number of halogens is 1. The Morgan fingerprint density at radius 3 is 2.50 bits per heavy atom. The van der Waals surface area contributed by atoms with Crippen LogP contribution in [0.15, 0.2) is 93.2 Å². The minimum atomic E-state index is -0.752. The van der Waals surface area contributed by atoms with Gasteiger partial charge in [0.25, 0.3) is 5.91 Å². The highest BCUT2D eigenvalue weighted by Gasteiger charge is 2.36. The van der Waals surface area contributed by atoms with E-state index in [2.05, 4.69) is 22.0 Å². The van der Waals surface area contributed by atoms with Crippen LogP contribution in [0.3, 0.4) is 0 Å². The Kier molecular flexibility index (Phi) is 7.56. The first kappa shape index (κ1) is 24.8. The van der Waals surface area contributed by atoms with Gasteiger partial charge in [0.1, 0.15) is 11.6 Å². The Balaban J connectivity index is 1.58. The van der Waals surface area contributed by atoms with E-state index in [4.69, 9.17) is 4.42 Å². The second-order valence-electron chi connectivity index (χ2n) is 8.08. The van der Waals surface area contributed by atoms with Gasteiger partial charge < -0.3 is 20.4 Å². The van der Waals surface area contributed by atoms with Crippen LogP contribution in [0.5, 0.6) is 0 Å². The van der Waals surface area contributed by atoms with Crippen LogP contribution in [0.25, 0.3) is 0 Å². The van der Waals surface area contributed by atoms with Gasteiger partial charge in [-0.15, -0.1) is 0 Å². The molecule has 0 fully saturated rings. The maximum atomic E-state index is 13.4. The fourth-order valence-electron chi connectivity index (χ4n) is 3.84. The minimum Gasteiger partial charge on any atom is -0.468 e. The van der Waals surface area contributed by atoms with Crippen molar-refractivity contribution in [3.05, 3.63) is 106 Å². The number of furan rings is 1. The number of carbonyl (C=O) groups excluding carboxylic acids is 2. The second kappa shape index (κ2) is 11.0. The van der Waals surface area contributed by atoms with E-state index in [1.54, 1.807) is 19.1 Å². The van der Waals surface area contributed by atoms with Gasteiger partial charge in [-0.05, 0) is 61.9 Å². The van der Waals surface area contributed by atoms with Crippen molar-refractivity contribution in [3.63, 3.8) is 0 Å². The number of aryl methyl sites for hydroxylation is 1. The number of rotatable bonds is 7. The molecule has 2 amide bonds. The quantitative estimate of drug-likeness (QED) is 0.398. The van der Waals surface area contributed by atoms with Crippen molar-refractivity contribution in [3.8, 4) is 6.07 Å². The summed E-state index contributed by atoms with van der Waals surface area (Å²) in [7, 11) is 0. The van der Waals surface area contributed by atoms with E-state index in [1.165, 1.54) is 30.5 Å². The third-order valence-corrected chi connectivity index (χ3v) is 6.61. The normalized spacial score (nSPS) is 15.2. The number of anilines is 2. The fourth-order valence-corrected chi connectivity index (χ4v) is 4.73. The number of hydrogen-bond donors (Lipinski definition) is 3. The summed E-state index contributed by atoms with van der Waals surface area (Å²) >= 11 is 1.14. The first-order valence-electron chi connectivity index (χ1n) is 11.1. The summed E-state index contributed by atoms with van der Waals surface area (Å²) in [5.41, 5.74) is 3.20. The van der Waals surface area contributed by atoms with Crippen LogP contribution in [-0.4, -0.2) is 17.6 Å². The van der Waals surface area contributed by atoms with Crippen molar-refractivity contribution < 1.29 is 18.4 Å². The third-order valence-electron chi connectivity index (χ3n) is 5.59. The number of thioether (sulfide) groups is 1. The Bertz CT molecular complexity index is 1390. The highest BCUT2D eigenvalue weighted by molar-refractivity contribution is 8.03. The van der Waals surface area contributed by atoms with Crippen molar-refractivity contribution in [2.45, 2.75) is 19.8 Å². The van der Waals surface area contributed by atoms with Crippen molar-refractivity contribution in [1.29, 1.82) is 5.26 Å². The third kappa shape index (κ3) is 5.50. The molecule has 7 nitrogen and oxygen atoms in total. The molecule has 3 N–H and O–H groups in total. The van der Waals surface area contributed by atoms with Gasteiger partial charge in [0.2, 0.25) is 5.91 Å². The van der Waals surface area contributed by atoms with Crippen LogP contribution >= 0.6 is 11.8 Å². The summed E-state index contributed by atoms with van der Waals surface area (Å²) in [6.07, 6.45) is 1.49. The second-order valence-corrected chi connectivity index (χ2v) is 9.07. The van der Waals surface area contributed by atoms with E-state index in [1.807, 2.05) is 31.2 Å². The number of nitrogens with zero attached hydrogens (tertiary/aromatic N) is 1. The molecule has 0 spiro atoms. The molecular weight excluding hydrogens is 479 g/mol. The molecule has 3 aromatic rings. The van der Waals surface area contributed by atoms with Gasteiger partial charge in [-0.25, -0.2) is 4.39 Å². The number of nitriles is 1. The summed E-state index contributed by atoms with van der Waals surface area (Å²) in [6.45, 7) is 3.64. The van der Waals surface area contributed by atoms with Crippen molar-refractivity contribution in [2.75, 3.05) is 16.4 Å². The first-order chi connectivity index (χ1) is 17.4. The van der Waals surface area contributed by atoms with Crippen molar-refractivity contribution in [2.24, 2.45) is 0 Å². The molecule has 0 radical (unpaired) electrons. The zero-order valence-corrected chi connectivity index (χ0v) is 20.4. The van der Waals surface area contributed by atoms with Gasteiger partial charge in [-0.3, -0.25) is 9.59 Å². The fraction of sp³-hybridized carbons (Fsp3) is 0.148. The lowest BCUT2D eigenvalue weighted by Crippen LogP contribution is -2.31. The Labute approximate surface area is 212 Å². The van der Waals surface area contributed by atoms with Gasteiger partial charge in [-0.2, -0.15) is 5.26 Å². The molecule has 1 unspecified atom stereocenters. The summed E-state index contributed by atoms with van der Waals surface area (Å²) in [5, 5.41) is 19.3. The predicted molar refractivity (Wildman–Crippen MR) is 137 cm³/mol. The van der Waals surface area contributed by atoms with Gasteiger partial charge in [0.05, 0.1) is 40.2 Å². The minimum absolute atomic E-state index is 0.00617. The van der Waals surface area contributed by atoms with E-state index < -0.39 is 11.7 Å². The molecule has 0 saturated heterocycles. The zero-order chi connectivity index (χ0) is 25.7. The molecule has 182 valence electrons. The molecule has 9 heteroatoms. The van der Waals surface area contributed by atoms with Crippen LogP contribution in [-0.2, 0) is 9.59 Å². The molecular formula is C27H23FN4O3S. The number of dihydropyridines is 1. The molecule has 4 rings (SSSR count). The molecule has 0 bridgehead atoms. The monoisotopic (exact) mass is 502 g/mol. The van der Waals surface area contributed by atoms with Crippen molar-refractivity contribution in [1.82, 2.24) is 5.32 Å². The van der Waals surface area contributed by atoms with Crippen LogP contribution in [0.2, 0.25) is 0 Å². The average Bonchev–Trinajstić information content (AvgIpc) is 3.39. The lowest BCUT2D eigenvalue weighted by Gasteiger charge is -2.28. The standard InChI is InChI=1S/C27H23FN4O3S/c1-16-6-3-4-7-21(16)32-26(34)24-17(2)30-27(20(14-29)25(24)22-8-5-13-35-22)36-15-23(33)31-19-11-9-18(28)10-12-19/h3-13,25,30H,15H2,1-2H3,(H,31,33)(H,32,34). The molecule has 0 saturated carbocycles. The number of allylic oxidation sites excluding steroid dienone is 2. The Hall–Kier alpha value is -4.29. The van der Waals surface area contributed by atoms with E-state index in [0.29, 0.717) is 33.4 Å². The summed E-state index contributed by atoms with van der Waals surface area (Å²) in [4.78, 5) is 25.9. The summed E-state index contributed by atoms with van der Waals surface area (Å²) in [5.74, 6) is -1.40. The lowest BCUT2D eigenvalue weighted by atomic mass is 9.85. The molecule has 1 aliphatic heterocycles. The van der Waals surface area contributed by atoms with E-state index >= 15 is 0 Å². The molecule has 1 aliphatic rings. The molecule has 2 heterocycles. The molecule has 1 aromatic heterocycles. The van der Waals surface area contributed by atoms with E-state index in [9.17, 15) is 19.2 Å². The highest BCUT2D eigenvalue weighted by atomic mass is 32.2. The molecule has 36 heavy (non-hydrogen) atoms. The van der Waals surface area contributed by atoms with E-state index in [-0.39, 0.29) is 23.1 Å². The smallest absolute Gasteiger partial charge is 0.254 e. The van der Waals surface area contributed by atoms with Crippen LogP contribution < -0.4 is 16.0 Å². The van der Waals surface area contributed by atoms with Gasteiger partial charge in [0, 0.05) is 17.1 Å². The number of amides is 2. The highest BCUT2D eigenvalue weighted by Crippen LogP contribution is 2.41. The average molecular weight is 503 g/mol. The summed E-state index contributed by atoms with van der Waals surface area (Å²) in [6, 6.07) is 18.5. The Morgan fingerprint density at radius 2 is 1.83 bits per heavy atom. The SMILES string of the molecule is CC1=C(C(=O)Nc2ccccc2C)C(c2ccco2)C(C#N)=C(SCC(=O)Nc2ccc(F)cc2)N1. The van der Waals surface area contributed by atoms with E-state index in [0.717, 1.165) is 17.3 Å². The first-order valence-corrected chi connectivity index (χ1v) is 12.1. The zero-order valence-electron chi connectivity index (χ0n) is 19.6. The maximum Gasteiger partial charge on any atom is 0.254 e.